The number of nitrogens with one attached hydrogen (secondary N) is 3. The van der Waals surface area contributed by atoms with Gasteiger partial charge >= 0.3 is 0 Å². The molecule has 0 fully saturated rings. The number of nitrogens with zero attached hydrogens (tertiary/aromatic N) is 1. The van der Waals surface area contributed by atoms with Crippen LogP contribution in [0.15, 0.2) is 72.8 Å². The number of hydrogen-bond acceptors (Lipinski definition) is 6. The number of rotatable bonds is 9. The summed E-state index contributed by atoms with van der Waals surface area (Å²) in [6.45, 7) is 4.33. The van der Waals surface area contributed by atoms with Gasteiger partial charge in [0, 0.05) is 28.9 Å². The van der Waals surface area contributed by atoms with E-state index < -0.39 is 24.0 Å². The molecule has 0 heterocycles. The van der Waals surface area contributed by atoms with Crippen LogP contribution in [-0.4, -0.2) is 58.7 Å². The molecule has 0 aliphatic heterocycles. The number of hydroxylamine groups is 1. The first kappa shape index (κ1) is 29.1. The third-order valence-electron chi connectivity index (χ3n) is 5.94. The second kappa shape index (κ2) is 13.9. The molecule has 39 heavy (non-hydrogen) atoms. The van der Waals surface area contributed by atoms with E-state index in [0.717, 1.165) is 5.56 Å². The van der Waals surface area contributed by atoms with E-state index in [4.69, 9.17) is 5.21 Å². The van der Waals surface area contributed by atoms with Crippen LogP contribution in [-0.2, 0) is 16.1 Å². The summed E-state index contributed by atoms with van der Waals surface area (Å²) in [4.78, 5) is 38.4. The van der Waals surface area contributed by atoms with Gasteiger partial charge < -0.3 is 15.7 Å². The summed E-state index contributed by atoms with van der Waals surface area (Å²) in [6.07, 6.45) is -1.20. The molecule has 3 amide bonds. The zero-order valence-corrected chi connectivity index (χ0v) is 22.1. The van der Waals surface area contributed by atoms with Crippen molar-refractivity contribution in [2.75, 3.05) is 18.9 Å². The Kier molecular flexibility index (Phi) is 10.3. The lowest BCUT2D eigenvalue weighted by Crippen LogP contribution is -2.51. The molecule has 0 radical (unpaired) electrons. The van der Waals surface area contributed by atoms with E-state index in [9.17, 15) is 19.5 Å². The number of likely N-dealkylation sites (N-methyl/N-ethyl adjacent to an activating group) is 1. The predicted molar refractivity (Wildman–Crippen MR) is 148 cm³/mol. The Labute approximate surface area is 227 Å². The highest BCUT2D eigenvalue weighted by molar-refractivity contribution is 5.97. The van der Waals surface area contributed by atoms with E-state index in [1.807, 2.05) is 36.2 Å². The number of amides is 3. The molecular formula is C30H32N4O5. The van der Waals surface area contributed by atoms with E-state index in [1.54, 1.807) is 36.4 Å². The first-order chi connectivity index (χ1) is 18.7. The Bertz CT molecular complexity index is 1360. The molecule has 0 spiro atoms. The lowest BCUT2D eigenvalue weighted by Gasteiger charge is -2.19. The molecule has 9 heteroatoms. The fourth-order valence-electron chi connectivity index (χ4n) is 3.77. The minimum Gasteiger partial charge on any atom is -0.391 e. The Morgan fingerprint density at radius 1 is 0.923 bits per heavy atom. The topological polar surface area (TPSA) is 131 Å². The van der Waals surface area contributed by atoms with Gasteiger partial charge in [-0.1, -0.05) is 36.1 Å². The summed E-state index contributed by atoms with van der Waals surface area (Å²) in [5, 5.41) is 23.7. The smallest absolute Gasteiger partial charge is 0.268 e. The average molecular weight is 529 g/mol. The second-order valence-electron chi connectivity index (χ2n) is 9.22. The first-order valence-corrected chi connectivity index (χ1v) is 12.3. The number of benzene rings is 3. The third kappa shape index (κ3) is 8.79. The molecule has 3 rings (SSSR count). The van der Waals surface area contributed by atoms with E-state index in [0.29, 0.717) is 17.8 Å². The molecule has 0 aliphatic carbocycles. The van der Waals surface area contributed by atoms with Crippen LogP contribution in [0.4, 0.5) is 5.69 Å². The summed E-state index contributed by atoms with van der Waals surface area (Å²) in [5.74, 6) is 4.45. The van der Waals surface area contributed by atoms with Crippen molar-refractivity contribution in [1.29, 1.82) is 0 Å². The zero-order chi connectivity index (χ0) is 28.4. The molecule has 0 aliphatic rings. The van der Waals surface area contributed by atoms with Crippen molar-refractivity contribution in [2.45, 2.75) is 32.5 Å². The SMILES string of the molecule is Cc1ccccc1CN(C)CC(=O)Nc1ccc(C#Cc2ccc(C(=O)N[C@H](C(=O)NO)[C@@H](C)O)cc2)cc1. The Morgan fingerprint density at radius 2 is 1.51 bits per heavy atom. The lowest BCUT2D eigenvalue weighted by atomic mass is 10.1. The van der Waals surface area contributed by atoms with Crippen LogP contribution in [0, 0.1) is 18.8 Å². The molecular weight excluding hydrogens is 496 g/mol. The molecule has 2 atom stereocenters. The third-order valence-corrected chi connectivity index (χ3v) is 5.94. The minimum absolute atomic E-state index is 0.106. The minimum atomic E-state index is -1.30. The predicted octanol–water partition coefficient (Wildman–Crippen LogP) is 2.45. The van der Waals surface area contributed by atoms with Crippen LogP contribution in [0.2, 0.25) is 0 Å². The van der Waals surface area contributed by atoms with E-state index >= 15 is 0 Å². The van der Waals surface area contributed by atoms with E-state index in [1.165, 1.54) is 23.5 Å². The number of carbonyl (C=O) groups excluding carboxylic acids is 3. The molecule has 5 N–H and O–H groups in total. The van der Waals surface area contributed by atoms with Crippen molar-refractivity contribution in [3.63, 3.8) is 0 Å². The lowest BCUT2D eigenvalue weighted by molar-refractivity contribution is -0.133. The monoisotopic (exact) mass is 528 g/mol. The molecule has 0 saturated heterocycles. The van der Waals surface area contributed by atoms with Crippen molar-refractivity contribution in [1.82, 2.24) is 15.7 Å². The van der Waals surface area contributed by atoms with E-state index in [-0.39, 0.29) is 18.0 Å². The van der Waals surface area contributed by atoms with Crippen LogP contribution in [0.5, 0.6) is 0 Å². The molecule has 202 valence electrons. The van der Waals surface area contributed by atoms with Gasteiger partial charge in [0.1, 0.15) is 6.04 Å². The van der Waals surface area contributed by atoms with Crippen LogP contribution >= 0.6 is 0 Å². The van der Waals surface area contributed by atoms with Gasteiger partial charge in [-0.2, -0.15) is 0 Å². The van der Waals surface area contributed by atoms with E-state index in [2.05, 4.69) is 41.5 Å². The molecule has 0 bridgehead atoms. The molecule has 3 aromatic carbocycles. The van der Waals surface area contributed by atoms with Crippen molar-refractivity contribution in [3.05, 3.63) is 101 Å². The molecule has 0 saturated carbocycles. The Balaban J connectivity index is 1.53. The quantitative estimate of drug-likeness (QED) is 0.165. The van der Waals surface area contributed by atoms with Gasteiger partial charge in [0.25, 0.3) is 11.8 Å². The normalized spacial score (nSPS) is 12.1. The number of aliphatic hydroxyl groups is 1. The summed E-state index contributed by atoms with van der Waals surface area (Å²) in [5.41, 5.74) is 6.16. The maximum absolute atomic E-state index is 12.5. The van der Waals surface area contributed by atoms with Crippen molar-refractivity contribution in [2.24, 2.45) is 0 Å². The Hall–Kier alpha value is -4.49. The summed E-state index contributed by atoms with van der Waals surface area (Å²) >= 11 is 0. The Morgan fingerprint density at radius 3 is 2.08 bits per heavy atom. The maximum atomic E-state index is 12.5. The number of carbonyl (C=O) groups is 3. The first-order valence-electron chi connectivity index (χ1n) is 12.3. The molecule has 0 unspecified atom stereocenters. The van der Waals surface area contributed by atoms with Crippen LogP contribution < -0.4 is 16.1 Å². The van der Waals surface area contributed by atoms with Crippen molar-refractivity contribution < 1.29 is 24.7 Å². The van der Waals surface area contributed by atoms with Gasteiger partial charge in [0.15, 0.2) is 0 Å². The van der Waals surface area contributed by atoms with Gasteiger partial charge in [0.05, 0.1) is 12.6 Å². The molecule has 0 aromatic heterocycles. The molecule has 9 nitrogen and oxygen atoms in total. The van der Waals surface area contributed by atoms with Gasteiger partial charge in [-0.05, 0) is 80.6 Å². The van der Waals surface area contributed by atoms with Crippen LogP contribution in [0.3, 0.4) is 0 Å². The zero-order valence-electron chi connectivity index (χ0n) is 22.1. The molecule has 3 aromatic rings. The summed E-state index contributed by atoms with van der Waals surface area (Å²) in [7, 11) is 1.91. The van der Waals surface area contributed by atoms with Gasteiger partial charge in [-0.25, -0.2) is 5.48 Å². The second-order valence-corrected chi connectivity index (χ2v) is 9.22. The average Bonchev–Trinajstić information content (AvgIpc) is 2.92. The van der Waals surface area contributed by atoms with Gasteiger partial charge in [-0.3, -0.25) is 24.5 Å². The highest BCUT2D eigenvalue weighted by Gasteiger charge is 2.25. The summed E-state index contributed by atoms with van der Waals surface area (Å²) in [6, 6.07) is 20.4. The number of hydrogen-bond donors (Lipinski definition) is 5. The van der Waals surface area contributed by atoms with Crippen LogP contribution in [0.25, 0.3) is 0 Å². The van der Waals surface area contributed by atoms with Crippen molar-refractivity contribution in [3.8, 4) is 11.8 Å². The largest absolute Gasteiger partial charge is 0.391 e. The highest BCUT2D eigenvalue weighted by atomic mass is 16.5. The van der Waals surface area contributed by atoms with Crippen LogP contribution in [0.1, 0.15) is 39.5 Å². The highest BCUT2D eigenvalue weighted by Crippen LogP contribution is 2.12. The maximum Gasteiger partial charge on any atom is 0.268 e. The number of aryl methyl sites for hydroxylation is 1. The van der Waals surface area contributed by atoms with Gasteiger partial charge in [0.2, 0.25) is 5.91 Å². The fraction of sp³-hybridized carbons (Fsp3) is 0.233. The number of aliphatic hydroxyl groups excluding tert-OH is 1. The standard InChI is InChI=1S/C30H32N4O5/c1-20-6-4-5-7-25(20)18-34(3)19-27(36)31-26-16-12-23(13-17-26)9-8-22-10-14-24(15-11-22)29(37)32-28(21(2)35)30(38)33-39/h4-7,10-17,21,28,35,39H,18-19H2,1-3H3,(H,31,36)(H,32,37)(H,33,38)/t21-,28+/m1/s1. The van der Waals surface area contributed by atoms with Crippen molar-refractivity contribution >= 4 is 23.4 Å². The summed E-state index contributed by atoms with van der Waals surface area (Å²) < 4.78 is 0. The fourth-order valence-corrected chi connectivity index (χ4v) is 3.77. The number of anilines is 1. The van der Waals surface area contributed by atoms with Gasteiger partial charge in [-0.15, -0.1) is 0 Å².